The first-order valence-corrected chi connectivity index (χ1v) is 11.6. The summed E-state index contributed by atoms with van der Waals surface area (Å²) >= 11 is 1.21. The average Bonchev–Trinajstić information content (AvgIpc) is 3.14. The molecule has 3 rings (SSSR count). The molecule has 1 saturated heterocycles. The monoisotopic (exact) mass is 436 g/mol. The van der Waals surface area contributed by atoms with Gasteiger partial charge in [0.15, 0.2) is 0 Å². The van der Waals surface area contributed by atoms with Crippen LogP contribution >= 0.6 is 11.3 Å². The van der Waals surface area contributed by atoms with E-state index in [-0.39, 0.29) is 10.5 Å². The third-order valence-electron chi connectivity index (χ3n) is 4.89. The van der Waals surface area contributed by atoms with Crippen molar-refractivity contribution in [3.63, 3.8) is 0 Å². The van der Waals surface area contributed by atoms with Gasteiger partial charge in [-0.2, -0.15) is 4.31 Å². The number of rotatable bonds is 5. The van der Waals surface area contributed by atoms with Gasteiger partial charge in [0, 0.05) is 18.7 Å². The van der Waals surface area contributed by atoms with Crippen molar-refractivity contribution in [2.45, 2.75) is 25.2 Å². The summed E-state index contributed by atoms with van der Waals surface area (Å²) in [4.78, 5) is 24.4. The number of sulfonamides is 1. The van der Waals surface area contributed by atoms with E-state index in [0.717, 1.165) is 6.42 Å². The maximum Gasteiger partial charge on any atom is 0.340 e. The van der Waals surface area contributed by atoms with Gasteiger partial charge in [0.1, 0.15) is 5.00 Å². The minimum absolute atomic E-state index is 0.168. The fourth-order valence-electron chi connectivity index (χ4n) is 3.58. The van der Waals surface area contributed by atoms with Crippen LogP contribution in [-0.4, -0.2) is 44.8 Å². The Kier molecular flexibility index (Phi) is 6.40. The summed E-state index contributed by atoms with van der Waals surface area (Å²) in [5, 5.41) is 4.74. The van der Waals surface area contributed by atoms with Gasteiger partial charge >= 0.3 is 5.97 Å². The molecule has 1 N–H and O–H groups in total. The number of nitrogens with one attached hydrogen (secondary N) is 1. The highest BCUT2D eigenvalue weighted by molar-refractivity contribution is 7.89. The molecule has 1 aliphatic rings. The molecule has 0 radical (unpaired) electrons. The lowest BCUT2D eigenvalue weighted by Crippen LogP contribution is -2.42. The van der Waals surface area contributed by atoms with Gasteiger partial charge in [-0.15, -0.1) is 11.3 Å². The highest BCUT2D eigenvalue weighted by Gasteiger charge is 2.31. The number of amides is 1. The lowest BCUT2D eigenvalue weighted by molar-refractivity contribution is 0.0602. The fourth-order valence-corrected chi connectivity index (χ4v) is 6.03. The number of thiophene rings is 1. The number of hydrogen-bond acceptors (Lipinski definition) is 6. The fraction of sp³-hybridized carbons (Fsp3) is 0.400. The molecule has 1 aliphatic heterocycles. The van der Waals surface area contributed by atoms with Crippen LogP contribution in [0.5, 0.6) is 0 Å². The Hall–Kier alpha value is -2.23. The Morgan fingerprint density at radius 1 is 1.10 bits per heavy atom. The van der Waals surface area contributed by atoms with Gasteiger partial charge in [-0.05, 0) is 54.0 Å². The number of carbonyl (C=O) groups excluding carboxylic acids is 2. The van der Waals surface area contributed by atoms with Crippen LogP contribution < -0.4 is 5.32 Å². The number of benzene rings is 1. The Morgan fingerprint density at radius 3 is 2.31 bits per heavy atom. The molecule has 1 aromatic carbocycles. The second-order valence-corrected chi connectivity index (χ2v) is 10.3. The summed E-state index contributed by atoms with van der Waals surface area (Å²) in [6, 6.07) is 7.42. The number of nitrogens with zero attached hydrogens (tertiary/aromatic N) is 1. The SMILES string of the molecule is COC(=O)c1ccsc1NC(=O)c1ccc(S(=O)(=O)N2C[C@@H](C)C[C@H](C)C2)cc1. The van der Waals surface area contributed by atoms with E-state index in [4.69, 9.17) is 4.74 Å². The third kappa shape index (κ3) is 4.68. The van der Waals surface area contributed by atoms with Gasteiger partial charge in [-0.25, -0.2) is 13.2 Å². The summed E-state index contributed by atoms with van der Waals surface area (Å²) < 4.78 is 32.1. The number of piperidine rings is 1. The summed E-state index contributed by atoms with van der Waals surface area (Å²) in [6.45, 7) is 5.12. The van der Waals surface area contributed by atoms with Crippen molar-refractivity contribution in [1.82, 2.24) is 4.31 Å². The van der Waals surface area contributed by atoms with Crippen LogP contribution in [0.1, 0.15) is 41.0 Å². The molecule has 9 heteroatoms. The van der Waals surface area contributed by atoms with Gasteiger partial charge in [-0.3, -0.25) is 4.79 Å². The Morgan fingerprint density at radius 2 is 1.72 bits per heavy atom. The molecule has 156 valence electrons. The van der Waals surface area contributed by atoms with Crippen molar-refractivity contribution in [2.75, 3.05) is 25.5 Å². The van der Waals surface area contributed by atoms with E-state index in [9.17, 15) is 18.0 Å². The summed E-state index contributed by atoms with van der Waals surface area (Å²) in [5.41, 5.74) is 0.576. The summed E-state index contributed by atoms with van der Waals surface area (Å²) in [5.74, 6) is -0.337. The molecule has 1 amide bonds. The van der Waals surface area contributed by atoms with Gasteiger partial charge in [0.05, 0.1) is 17.6 Å². The Labute approximate surface area is 174 Å². The number of anilines is 1. The molecular formula is C20H24N2O5S2. The summed E-state index contributed by atoms with van der Waals surface area (Å²) in [6.07, 6.45) is 1.02. The van der Waals surface area contributed by atoms with Crippen molar-refractivity contribution >= 4 is 38.2 Å². The molecule has 0 bridgehead atoms. The summed E-state index contributed by atoms with van der Waals surface area (Å²) in [7, 11) is -2.33. The molecule has 7 nitrogen and oxygen atoms in total. The second-order valence-electron chi connectivity index (χ2n) is 7.40. The minimum Gasteiger partial charge on any atom is -0.465 e. The zero-order valence-electron chi connectivity index (χ0n) is 16.5. The van der Waals surface area contributed by atoms with E-state index >= 15 is 0 Å². The third-order valence-corrected chi connectivity index (χ3v) is 7.56. The zero-order valence-corrected chi connectivity index (χ0v) is 18.2. The van der Waals surface area contributed by atoms with Crippen LogP contribution in [0, 0.1) is 11.8 Å². The van der Waals surface area contributed by atoms with Crippen LogP contribution in [0.15, 0.2) is 40.6 Å². The van der Waals surface area contributed by atoms with Gasteiger partial charge in [0.2, 0.25) is 10.0 Å². The zero-order chi connectivity index (χ0) is 21.2. The predicted octanol–water partition coefficient (Wildman–Crippen LogP) is 3.45. The average molecular weight is 437 g/mol. The largest absolute Gasteiger partial charge is 0.465 e. The molecule has 29 heavy (non-hydrogen) atoms. The second kappa shape index (κ2) is 8.64. The highest BCUT2D eigenvalue weighted by Crippen LogP contribution is 2.27. The van der Waals surface area contributed by atoms with Gasteiger partial charge in [0.25, 0.3) is 5.91 Å². The van der Waals surface area contributed by atoms with E-state index < -0.39 is 21.9 Å². The molecular weight excluding hydrogens is 412 g/mol. The quantitative estimate of drug-likeness (QED) is 0.725. The molecule has 0 aliphatic carbocycles. The van der Waals surface area contributed by atoms with Gasteiger partial charge < -0.3 is 10.1 Å². The van der Waals surface area contributed by atoms with E-state index in [1.807, 2.05) is 0 Å². The number of ether oxygens (including phenoxy) is 1. The number of methoxy groups -OCH3 is 1. The Balaban J connectivity index is 1.75. The van der Waals surface area contributed by atoms with Crippen molar-refractivity contribution in [3.05, 3.63) is 46.8 Å². The van der Waals surface area contributed by atoms with Crippen LogP contribution in [0.4, 0.5) is 5.00 Å². The van der Waals surface area contributed by atoms with E-state index in [1.165, 1.54) is 47.0 Å². The van der Waals surface area contributed by atoms with Crippen LogP contribution in [0.2, 0.25) is 0 Å². The lowest BCUT2D eigenvalue weighted by Gasteiger charge is -2.34. The molecule has 1 fully saturated rings. The minimum atomic E-state index is -3.60. The molecule has 2 atom stereocenters. The van der Waals surface area contributed by atoms with Crippen molar-refractivity contribution in [1.29, 1.82) is 0 Å². The maximum absolute atomic E-state index is 12.9. The van der Waals surface area contributed by atoms with E-state index in [0.29, 0.717) is 35.5 Å². The first-order chi connectivity index (χ1) is 13.7. The molecule has 1 aromatic heterocycles. The molecule has 0 saturated carbocycles. The Bertz CT molecular complexity index is 988. The van der Waals surface area contributed by atoms with Gasteiger partial charge in [-0.1, -0.05) is 13.8 Å². The van der Waals surface area contributed by atoms with E-state index in [2.05, 4.69) is 19.2 Å². The van der Waals surface area contributed by atoms with Crippen LogP contribution in [0.3, 0.4) is 0 Å². The first kappa shape index (κ1) is 21.5. The highest BCUT2D eigenvalue weighted by atomic mass is 32.2. The van der Waals surface area contributed by atoms with Crippen LogP contribution in [0.25, 0.3) is 0 Å². The number of carbonyl (C=O) groups is 2. The number of hydrogen-bond donors (Lipinski definition) is 1. The van der Waals surface area contributed by atoms with Crippen molar-refractivity contribution in [3.8, 4) is 0 Å². The van der Waals surface area contributed by atoms with Crippen LogP contribution in [-0.2, 0) is 14.8 Å². The van der Waals surface area contributed by atoms with Crippen molar-refractivity contribution < 1.29 is 22.7 Å². The molecule has 2 aromatic rings. The molecule has 0 spiro atoms. The number of esters is 1. The molecule has 2 heterocycles. The lowest BCUT2D eigenvalue weighted by atomic mass is 9.94. The maximum atomic E-state index is 12.9. The standard InChI is InChI=1S/C20H24N2O5S2/c1-13-10-14(2)12-22(11-13)29(25,26)16-6-4-15(5-7-16)18(23)21-19-17(8-9-28-19)20(24)27-3/h4-9,13-14H,10-12H2,1-3H3,(H,21,23)/t13-,14-/m0/s1. The normalized spacial score (nSPS) is 20.2. The predicted molar refractivity (Wildman–Crippen MR) is 112 cm³/mol. The van der Waals surface area contributed by atoms with Crippen molar-refractivity contribution in [2.24, 2.45) is 11.8 Å². The smallest absolute Gasteiger partial charge is 0.340 e. The first-order valence-electron chi connectivity index (χ1n) is 9.29. The molecule has 0 unspecified atom stereocenters. The van der Waals surface area contributed by atoms with E-state index in [1.54, 1.807) is 11.4 Å². The topological polar surface area (TPSA) is 92.8 Å².